The van der Waals surface area contributed by atoms with E-state index in [1.807, 2.05) is 75.1 Å². The summed E-state index contributed by atoms with van der Waals surface area (Å²) >= 11 is 0. The Morgan fingerprint density at radius 1 is 0.976 bits per heavy atom. The first-order valence-corrected chi connectivity index (χ1v) is 13.2. The van der Waals surface area contributed by atoms with Crippen LogP contribution in [-0.2, 0) is 18.9 Å². The zero-order valence-corrected chi connectivity index (χ0v) is 23.3. The third-order valence-corrected chi connectivity index (χ3v) is 7.03. The number of aryl methyl sites for hydroxylation is 2. The van der Waals surface area contributed by atoms with E-state index in [2.05, 4.69) is 32.5 Å². The largest absolute Gasteiger partial charge is 0.357 e. The van der Waals surface area contributed by atoms with Crippen LogP contribution in [0.3, 0.4) is 0 Å². The number of rotatable bonds is 7. The van der Waals surface area contributed by atoms with Crippen molar-refractivity contribution in [2.45, 2.75) is 0 Å². The number of aromatic amines is 2. The minimum Gasteiger partial charge on any atom is -0.357 e. The van der Waals surface area contributed by atoms with Gasteiger partial charge < -0.3 is 24.8 Å². The van der Waals surface area contributed by atoms with Gasteiger partial charge in [-0.3, -0.25) is 14.3 Å². The SMILES string of the molecule is CN(C)C/C=C/C(=O)Nc1cc(-c2cnc3[nH]cc(-c4cn(C)c(=O)c5[nH]ccc45)c3c2)cc(-c2cnn(C)c2)c1. The number of H-pyrrole nitrogens is 2. The average Bonchev–Trinajstić information content (AvgIpc) is 3.70. The maximum atomic E-state index is 12.7. The molecule has 6 rings (SSSR count). The van der Waals surface area contributed by atoms with Gasteiger partial charge in [-0.25, -0.2) is 4.98 Å². The van der Waals surface area contributed by atoms with Crippen molar-refractivity contribution in [3.63, 3.8) is 0 Å². The maximum absolute atomic E-state index is 12.7. The standard InChI is InChI=1S/C31H30N8O2/c1-37(2)9-5-6-28(40)36-23-11-19(10-20(12-23)22-15-35-39(4)17-22)21-13-25-26(16-34-30(25)33-14-21)27-18-38(3)31(41)29-24(27)7-8-32-29/h5-8,10-18,32H,9H2,1-4H3,(H,33,34)(H,36,40)/b6-5+. The Bertz CT molecular complexity index is 2000. The van der Waals surface area contributed by atoms with Gasteiger partial charge in [-0.1, -0.05) is 6.08 Å². The molecule has 3 N–H and O–H groups in total. The molecule has 0 atom stereocenters. The molecule has 1 aromatic carbocycles. The third kappa shape index (κ3) is 5.08. The lowest BCUT2D eigenvalue weighted by Gasteiger charge is -2.11. The lowest BCUT2D eigenvalue weighted by molar-refractivity contribution is -0.111. The summed E-state index contributed by atoms with van der Waals surface area (Å²) in [5.41, 5.74) is 7.40. The summed E-state index contributed by atoms with van der Waals surface area (Å²) < 4.78 is 3.34. The van der Waals surface area contributed by atoms with Crippen molar-refractivity contribution < 1.29 is 4.79 Å². The minimum absolute atomic E-state index is 0.0780. The van der Waals surface area contributed by atoms with Crippen molar-refractivity contribution in [1.29, 1.82) is 0 Å². The highest BCUT2D eigenvalue weighted by Gasteiger charge is 2.16. The molecular formula is C31H30N8O2. The Labute approximate surface area is 236 Å². The number of fused-ring (bicyclic) bond motifs is 2. The van der Waals surface area contributed by atoms with Gasteiger partial charge in [0.15, 0.2) is 0 Å². The first kappa shape index (κ1) is 26.0. The summed E-state index contributed by atoms with van der Waals surface area (Å²) in [6.45, 7) is 0.670. The number of anilines is 1. The number of nitrogens with one attached hydrogen (secondary N) is 3. The summed E-state index contributed by atoms with van der Waals surface area (Å²) in [5, 5.41) is 9.11. The van der Waals surface area contributed by atoms with Crippen molar-refractivity contribution in [2.24, 2.45) is 14.1 Å². The van der Waals surface area contributed by atoms with Crippen LogP contribution >= 0.6 is 0 Å². The second-order valence-electron chi connectivity index (χ2n) is 10.4. The van der Waals surface area contributed by atoms with Crippen molar-refractivity contribution in [2.75, 3.05) is 26.0 Å². The number of carbonyl (C=O) groups excluding carboxylic acids is 1. The molecule has 0 radical (unpaired) electrons. The van der Waals surface area contributed by atoms with E-state index in [4.69, 9.17) is 4.98 Å². The molecule has 10 nitrogen and oxygen atoms in total. The van der Waals surface area contributed by atoms with E-state index in [0.717, 1.165) is 49.8 Å². The van der Waals surface area contributed by atoms with E-state index < -0.39 is 0 Å². The predicted molar refractivity (Wildman–Crippen MR) is 163 cm³/mol. The number of benzene rings is 1. The molecule has 0 fully saturated rings. The number of nitrogens with zero attached hydrogens (tertiary/aromatic N) is 5. The molecular weight excluding hydrogens is 516 g/mol. The molecule has 1 amide bonds. The maximum Gasteiger partial charge on any atom is 0.274 e. The minimum atomic E-state index is -0.201. The Morgan fingerprint density at radius 2 is 1.78 bits per heavy atom. The second kappa shape index (κ2) is 10.4. The van der Waals surface area contributed by atoms with Crippen LogP contribution in [-0.4, -0.2) is 60.7 Å². The first-order chi connectivity index (χ1) is 19.8. The van der Waals surface area contributed by atoms with Gasteiger partial charge in [-0.05, 0) is 55.6 Å². The van der Waals surface area contributed by atoms with Gasteiger partial charge in [0, 0.05) is 96.4 Å². The Balaban J connectivity index is 1.45. The molecule has 0 spiro atoms. The van der Waals surface area contributed by atoms with Gasteiger partial charge in [0.2, 0.25) is 5.91 Å². The Hall–Kier alpha value is -5.22. The molecule has 10 heteroatoms. The van der Waals surface area contributed by atoms with Gasteiger partial charge in [0.25, 0.3) is 5.56 Å². The second-order valence-corrected chi connectivity index (χ2v) is 10.4. The molecule has 0 bridgehead atoms. The number of aromatic nitrogens is 6. The number of amides is 1. The highest BCUT2D eigenvalue weighted by atomic mass is 16.1. The predicted octanol–water partition coefficient (Wildman–Crippen LogP) is 4.53. The molecule has 0 aliphatic heterocycles. The molecule has 0 aliphatic rings. The zero-order valence-electron chi connectivity index (χ0n) is 23.3. The molecule has 0 saturated heterocycles. The summed E-state index contributed by atoms with van der Waals surface area (Å²) in [6, 6.07) is 9.97. The van der Waals surface area contributed by atoms with Crippen LogP contribution in [0.2, 0.25) is 0 Å². The fraction of sp³-hybridized carbons (Fsp3) is 0.161. The van der Waals surface area contributed by atoms with Crippen LogP contribution in [0.5, 0.6) is 0 Å². The third-order valence-electron chi connectivity index (χ3n) is 7.03. The molecule has 6 aromatic rings. The number of hydrogen-bond donors (Lipinski definition) is 3. The molecule has 5 heterocycles. The van der Waals surface area contributed by atoms with Gasteiger partial charge in [-0.2, -0.15) is 5.10 Å². The van der Waals surface area contributed by atoms with Crippen LogP contribution in [0.4, 0.5) is 5.69 Å². The molecule has 0 saturated carbocycles. The van der Waals surface area contributed by atoms with Crippen LogP contribution in [0, 0.1) is 0 Å². The fourth-order valence-corrected chi connectivity index (χ4v) is 5.03. The van der Waals surface area contributed by atoms with E-state index in [1.54, 1.807) is 34.8 Å². The van der Waals surface area contributed by atoms with E-state index in [1.165, 1.54) is 0 Å². The summed E-state index contributed by atoms with van der Waals surface area (Å²) in [7, 11) is 7.52. The van der Waals surface area contributed by atoms with E-state index in [-0.39, 0.29) is 11.5 Å². The monoisotopic (exact) mass is 546 g/mol. The quantitative estimate of drug-likeness (QED) is 0.254. The molecule has 5 aromatic heterocycles. The topological polar surface area (TPSA) is 117 Å². The van der Waals surface area contributed by atoms with E-state index in [9.17, 15) is 9.59 Å². The molecule has 0 aliphatic carbocycles. The highest BCUT2D eigenvalue weighted by molar-refractivity contribution is 6.04. The normalized spacial score (nSPS) is 11.8. The summed E-state index contributed by atoms with van der Waals surface area (Å²) in [5.74, 6) is -0.201. The van der Waals surface area contributed by atoms with E-state index in [0.29, 0.717) is 17.7 Å². The van der Waals surface area contributed by atoms with Crippen molar-refractivity contribution in [1.82, 2.24) is 34.2 Å². The first-order valence-electron chi connectivity index (χ1n) is 13.2. The lowest BCUT2D eigenvalue weighted by atomic mass is 9.98. The summed E-state index contributed by atoms with van der Waals surface area (Å²) in [6.07, 6.45) is 14.5. The zero-order chi connectivity index (χ0) is 28.7. The molecule has 41 heavy (non-hydrogen) atoms. The number of likely N-dealkylation sites (N-methyl/N-ethyl adjacent to an activating group) is 1. The van der Waals surface area contributed by atoms with E-state index >= 15 is 0 Å². The Morgan fingerprint density at radius 3 is 2.54 bits per heavy atom. The van der Waals surface area contributed by atoms with Crippen LogP contribution in [0.1, 0.15) is 0 Å². The smallest absolute Gasteiger partial charge is 0.274 e. The van der Waals surface area contributed by atoms with Crippen molar-refractivity contribution in [3.8, 4) is 33.4 Å². The van der Waals surface area contributed by atoms with Gasteiger partial charge in [-0.15, -0.1) is 0 Å². The number of pyridine rings is 2. The molecule has 206 valence electrons. The Kier molecular flexibility index (Phi) is 6.60. The highest BCUT2D eigenvalue weighted by Crippen LogP contribution is 2.36. The number of carbonyl (C=O) groups is 1. The molecule has 0 unspecified atom stereocenters. The van der Waals surface area contributed by atoms with Crippen molar-refractivity contribution >= 4 is 33.5 Å². The number of hydrogen-bond acceptors (Lipinski definition) is 5. The lowest BCUT2D eigenvalue weighted by Crippen LogP contribution is -2.16. The summed E-state index contributed by atoms with van der Waals surface area (Å²) in [4.78, 5) is 38.4. The van der Waals surface area contributed by atoms with Gasteiger partial charge in [0.05, 0.1) is 6.20 Å². The van der Waals surface area contributed by atoms with Crippen LogP contribution in [0.25, 0.3) is 55.3 Å². The van der Waals surface area contributed by atoms with Crippen LogP contribution < -0.4 is 10.9 Å². The van der Waals surface area contributed by atoms with Gasteiger partial charge in [0.1, 0.15) is 11.2 Å². The van der Waals surface area contributed by atoms with Crippen LogP contribution in [0.15, 0.2) is 84.5 Å². The van der Waals surface area contributed by atoms with Gasteiger partial charge >= 0.3 is 0 Å². The fourth-order valence-electron chi connectivity index (χ4n) is 5.03. The van der Waals surface area contributed by atoms with Crippen molar-refractivity contribution in [3.05, 3.63) is 90.0 Å². The average molecular weight is 547 g/mol.